The first-order valence-electron chi connectivity index (χ1n) is 8.29. The van der Waals surface area contributed by atoms with Gasteiger partial charge in [-0.3, -0.25) is 4.79 Å². The van der Waals surface area contributed by atoms with Crippen molar-refractivity contribution in [1.82, 2.24) is 14.5 Å². The molecule has 1 aromatic carbocycles. The second-order valence-electron chi connectivity index (χ2n) is 6.30. The van der Waals surface area contributed by atoms with Crippen LogP contribution in [0.5, 0.6) is 5.75 Å². The number of nitrogens with one attached hydrogen (secondary N) is 1. The molecule has 2 heterocycles. The van der Waals surface area contributed by atoms with Gasteiger partial charge in [0.05, 0.1) is 17.9 Å². The highest BCUT2D eigenvalue weighted by molar-refractivity contribution is 5.87. The zero-order valence-corrected chi connectivity index (χ0v) is 14.8. The van der Waals surface area contributed by atoms with Gasteiger partial charge in [0.15, 0.2) is 0 Å². The number of H-pyrrole nitrogens is 1. The number of amides is 1. The van der Waals surface area contributed by atoms with Crippen LogP contribution >= 0.6 is 0 Å². The third-order valence-electron chi connectivity index (χ3n) is 4.02. The number of nitrogens with zero attached hydrogens (tertiary/aromatic N) is 2. The summed E-state index contributed by atoms with van der Waals surface area (Å²) in [4.78, 5) is 29.0. The highest BCUT2D eigenvalue weighted by Gasteiger charge is 2.11. The van der Waals surface area contributed by atoms with E-state index in [2.05, 4.69) is 16.0 Å². The fraction of sp³-hybridized carbons (Fsp3) is 0.263. The van der Waals surface area contributed by atoms with E-state index in [1.54, 1.807) is 0 Å². The van der Waals surface area contributed by atoms with Crippen molar-refractivity contribution >= 4 is 16.9 Å². The largest absolute Gasteiger partial charge is 0.494 e. The van der Waals surface area contributed by atoms with Crippen molar-refractivity contribution in [2.24, 2.45) is 5.73 Å². The molecule has 0 saturated carbocycles. The van der Waals surface area contributed by atoms with E-state index in [4.69, 9.17) is 10.5 Å². The van der Waals surface area contributed by atoms with Gasteiger partial charge in [-0.1, -0.05) is 0 Å². The van der Waals surface area contributed by atoms with Crippen molar-refractivity contribution in [3.63, 3.8) is 0 Å². The molecule has 3 rings (SSSR count). The van der Waals surface area contributed by atoms with E-state index in [0.717, 1.165) is 34.2 Å². The fourth-order valence-electron chi connectivity index (χ4n) is 2.72. The summed E-state index contributed by atoms with van der Waals surface area (Å²) >= 11 is 0. The van der Waals surface area contributed by atoms with Crippen LogP contribution in [0.2, 0.25) is 0 Å². The quantitative estimate of drug-likeness (QED) is 0.663. The minimum atomic E-state index is -0.836. The Morgan fingerprint density at radius 3 is 2.88 bits per heavy atom. The van der Waals surface area contributed by atoms with Gasteiger partial charge >= 0.3 is 6.03 Å². The van der Waals surface area contributed by atoms with Gasteiger partial charge in [-0.2, -0.15) is 0 Å². The van der Waals surface area contributed by atoms with Gasteiger partial charge in [0.25, 0.3) is 5.56 Å². The number of nitrogens with two attached hydrogens (primary N) is 1. The summed E-state index contributed by atoms with van der Waals surface area (Å²) < 4.78 is 6.61. The van der Waals surface area contributed by atoms with Crippen LogP contribution in [0.3, 0.4) is 0 Å². The molecule has 1 amide bonds. The maximum atomic E-state index is 12.4. The lowest BCUT2D eigenvalue weighted by atomic mass is 10.2. The zero-order chi connectivity index (χ0) is 18.7. The highest BCUT2D eigenvalue weighted by atomic mass is 16.5. The molecular formula is C19H21N4O3. The van der Waals surface area contributed by atoms with E-state index in [0.29, 0.717) is 17.9 Å². The number of pyridine rings is 1. The summed E-state index contributed by atoms with van der Waals surface area (Å²) in [5, 5.41) is 0.916. The lowest BCUT2D eigenvalue weighted by Gasteiger charge is -2.10. The number of ether oxygens (including phenoxy) is 1. The molecule has 0 bridgehead atoms. The Balaban J connectivity index is 1.85. The maximum Gasteiger partial charge on any atom is 0.325 e. The van der Waals surface area contributed by atoms with Gasteiger partial charge in [0.2, 0.25) is 0 Å². The molecule has 0 spiro atoms. The van der Waals surface area contributed by atoms with Crippen molar-refractivity contribution in [2.75, 3.05) is 27.2 Å². The van der Waals surface area contributed by atoms with Crippen LogP contribution in [-0.4, -0.2) is 47.7 Å². The second kappa shape index (κ2) is 7.45. The SMILES string of the molecule is CN(C)CCCOc1ccc2[nH]c(-c3c[c]cn(C(N)=O)c3=O)cc2c1. The van der Waals surface area contributed by atoms with Gasteiger partial charge in [0.1, 0.15) is 5.75 Å². The fourth-order valence-corrected chi connectivity index (χ4v) is 2.72. The molecular weight excluding hydrogens is 332 g/mol. The van der Waals surface area contributed by atoms with Crippen LogP contribution in [0.4, 0.5) is 4.79 Å². The molecule has 0 fully saturated rings. The monoisotopic (exact) mass is 353 g/mol. The average Bonchev–Trinajstić information content (AvgIpc) is 3.01. The predicted octanol–water partition coefficient (Wildman–Crippen LogP) is 2.05. The summed E-state index contributed by atoms with van der Waals surface area (Å²) in [7, 11) is 4.06. The van der Waals surface area contributed by atoms with Gasteiger partial charge in [0, 0.05) is 29.7 Å². The van der Waals surface area contributed by atoms with Gasteiger partial charge < -0.3 is 20.4 Å². The number of aromatic amines is 1. The topological polar surface area (TPSA) is 93.3 Å². The van der Waals surface area contributed by atoms with Crippen molar-refractivity contribution in [3.05, 3.63) is 52.9 Å². The molecule has 2 aromatic heterocycles. The first-order chi connectivity index (χ1) is 12.5. The molecule has 0 unspecified atom stereocenters. The van der Waals surface area contributed by atoms with Crippen LogP contribution in [-0.2, 0) is 0 Å². The van der Waals surface area contributed by atoms with E-state index in [9.17, 15) is 9.59 Å². The van der Waals surface area contributed by atoms with Crippen LogP contribution < -0.4 is 16.0 Å². The second-order valence-corrected chi connectivity index (χ2v) is 6.30. The molecule has 0 aliphatic heterocycles. The summed E-state index contributed by atoms with van der Waals surface area (Å²) in [6, 6.07) is 11.0. The number of rotatable bonds is 6. The Morgan fingerprint density at radius 2 is 2.15 bits per heavy atom. The predicted molar refractivity (Wildman–Crippen MR) is 100 cm³/mol. The molecule has 3 N–H and O–H groups in total. The minimum Gasteiger partial charge on any atom is -0.494 e. The van der Waals surface area contributed by atoms with Gasteiger partial charge in [-0.05, 0) is 50.8 Å². The summed E-state index contributed by atoms with van der Waals surface area (Å²) in [5.41, 5.74) is 6.52. The molecule has 7 nitrogen and oxygen atoms in total. The lowest BCUT2D eigenvalue weighted by molar-refractivity contribution is 0.249. The van der Waals surface area contributed by atoms with Gasteiger partial charge in [-0.15, -0.1) is 0 Å². The molecule has 1 radical (unpaired) electrons. The molecule has 0 atom stereocenters. The standard InChI is InChI=1S/C19H21N4O3/c1-22(2)8-4-10-26-14-6-7-16-13(11-14)12-17(21-16)15-5-3-9-23(18(15)24)19(20)25/h5-7,9,11-12,21H,4,8,10H2,1-2H3,(H2,20,25). The Bertz CT molecular complexity index is 988. The Hall–Kier alpha value is -3.06. The van der Waals surface area contributed by atoms with E-state index >= 15 is 0 Å². The third-order valence-corrected chi connectivity index (χ3v) is 4.02. The number of carbonyl (C=O) groups is 1. The molecule has 0 aliphatic rings. The van der Waals surface area contributed by atoms with Crippen LogP contribution in [0.15, 0.2) is 41.3 Å². The normalized spacial score (nSPS) is 11.2. The van der Waals surface area contributed by atoms with E-state index in [1.807, 2.05) is 38.4 Å². The van der Waals surface area contributed by atoms with Crippen molar-refractivity contribution in [1.29, 1.82) is 0 Å². The molecule has 26 heavy (non-hydrogen) atoms. The number of carbonyl (C=O) groups excluding carboxylic acids is 1. The molecule has 7 heteroatoms. The zero-order valence-electron chi connectivity index (χ0n) is 14.8. The Morgan fingerprint density at radius 1 is 1.35 bits per heavy atom. The first-order valence-corrected chi connectivity index (χ1v) is 8.29. The first kappa shape index (κ1) is 17.8. The van der Waals surface area contributed by atoms with Crippen LogP contribution in [0.25, 0.3) is 22.2 Å². The Kier molecular flexibility index (Phi) is 5.09. The van der Waals surface area contributed by atoms with E-state index in [-0.39, 0.29) is 0 Å². The molecule has 135 valence electrons. The third kappa shape index (κ3) is 3.78. The van der Waals surface area contributed by atoms with Crippen molar-refractivity contribution in [3.8, 4) is 17.0 Å². The molecule has 0 aliphatic carbocycles. The smallest absolute Gasteiger partial charge is 0.325 e. The Labute approximate surface area is 151 Å². The lowest BCUT2D eigenvalue weighted by Crippen LogP contribution is -2.31. The molecule has 0 saturated heterocycles. The number of benzene rings is 1. The number of fused-ring (bicyclic) bond motifs is 1. The van der Waals surface area contributed by atoms with Crippen LogP contribution in [0.1, 0.15) is 6.42 Å². The van der Waals surface area contributed by atoms with E-state index in [1.165, 1.54) is 12.3 Å². The average molecular weight is 353 g/mol. The van der Waals surface area contributed by atoms with Crippen molar-refractivity contribution in [2.45, 2.75) is 6.42 Å². The number of primary amides is 1. The molecule has 3 aromatic rings. The highest BCUT2D eigenvalue weighted by Crippen LogP contribution is 2.25. The van der Waals surface area contributed by atoms with Crippen LogP contribution in [0, 0.1) is 6.07 Å². The minimum absolute atomic E-state index is 0.330. The van der Waals surface area contributed by atoms with Crippen molar-refractivity contribution < 1.29 is 9.53 Å². The summed E-state index contributed by atoms with van der Waals surface area (Å²) in [5.74, 6) is 0.774. The number of hydrogen-bond acceptors (Lipinski definition) is 4. The summed E-state index contributed by atoms with van der Waals surface area (Å²) in [6.45, 7) is 1.60. The van der Waals surface area contributed by atoms with E-state index < -0.39 is 11.6 Å². The maximum absolute atomic E-state index is 12.4. The summed E-state index contributed by atoms with van der Waals surface area (Å²) in [6.07, 6.45) is 2.17. The number of hydrogen-bond donors (Lipinski definition) is 2. The number of aromatic nitrogens is 2. The van der Waals surface area contributed by atoms with Gasteiger partial charge in [-0.25, -0.2) is 9.36 Å².